The fourth-order valence-electron chi connectivity index (χ4n) is 3.01. The number of aliphatic hydroxyl groups excluding tert-OH is 1. The summed E-state index contributed by atoms with van der Waals surface area (Å²) < 4.78 is 28.3. The van der Waals surface area contributed by atoms with Crippen LogP contribution in [0.4, 0.5) is 5.69 Å². The number of benzene rings is 1. The number of rotatable bonds is 7. The highest BCUT2D eigenvalue weighted by atomic mass is 32.2. The first-order valence-electron chi connectivity index (χ1n) is 8.35. The minimum atomic E-state index is -2.97. The van der Waals surface area contributed by atoms with E-state index in [1.165, 1.54) is 0 Å². The quantitative estimate of drug-likeness (QED) is 0.740. The molecule has 1 atom stereocenters. The van der Waals surface area contributed by atoms with Crippen LogP contribution in [0, 0.1) is 0 Å². The van der Waals surface area contributed by atoms with Gasteiger partial charge in [0, 0.05) is 24.3 Å². The van der Waals surface area contributed by atoms with Crippen molar-refractivity contribution in [3.8, 4) is 5.75 Å². The second-order valence-corrected chi connectivity index (χ2v) is 8.75. The Labute approximate surface area is 148 Å². The molecule has 7 nitrogen and oxygen atoms in total. The SMILES string of the molecule is COc1cccc(NC(=O)CN(CC(C)O)C2CCS(=O)(=O)CC2)c1. The lowest BCUT2D eigenvalue weighted by Gasteiger charge is -2.34. The maximum Gasteiger partial charge on any atom is 0.238 e. The van der Waals surface area contributed by atoms with E-state index in [0.29, 0.717) is 30.8 Å². The molecule has 140 valence electrons. The van der Waals surface area contributed by atoms with Crippen molar-refractivity contribution in [1.82, 2.24) is 4.90 Å². The molecule has 2 rings (SSSR count). The summed E-state index contributed by atoms with van der Waals surface area (Å²) in [5, 5.41) is 12.5. The summed E-state index contributed by atoms with van der Waals surface area (Å²) in [4.78, 5) is 14.3. The first-order chi connectivity index (χ1) is 11.8. The van der Waals surface area contributed by atoms with E-state index in [2.05, 4.69) is 5.32 Å². The summed E-state index contributed by atoms with van der Waals surface area (Å²) in [6, 6.07) is 7.05. The Bertz CT molecular complexity index is 676. The second-order valence-electron chi connectivity index (χ2n) is 6.44. The van der Waals surface area contributed by atoms with Crippen LogP contribution < -0.4 is 10.1 Å². The van der Waals surface area contributed by atoms with Crippen LogP contribution >= 0.6 is 0 Å². The average Bonchev–Trinajstić information content (AvgIpc) is 2.54. The van der Waals surface area contributed by atoms with Gasteiger partial charge in [0.05, 0.1) is 31.3 Å². The third kappa shape index (κ3) is 6.30. The number of aliphatic hydroxyl groups is 1. The Morgan fingerprint density at radius 3 is 2.68 bits per heavy atom. The van der Waals surface area contributed by atoms with Gasteiger partial charge in [-0.3, -0.25) is 9.69 Å². The van der Waals surface area contributed by atoms with E-state index in [0.717, 1.165) is 0 Å². The van der Waals surface area contributed by atoms with Crippen LogP contribution in [0.2, 0.25) is 0 Å². The molecule has 0 radical (unpaired) electrons. The van der Waals surface area contributed by atoms with Crippen molar-refractivity contribution in [2.24, 2.45) is 0 Å². The molecule has 1 aromatic carbocycles. The minimum absolute atomic E-state index is 0.0193. The molecule has 1 heterocycles. The number of carbonyl (C=O) groups is 1. The molecule has 1 aromatic rings. The average molecular weight is 370 g/mol. The van der Waals surface area contributed by atoms with E-state index >= 15 is 0 Å². The number of hydrogen-bond donors (Lipinski definition) is 2. The van der Waals surface area contributed by atoms with Gasteiger partial charge in [0.1, 0.15) is 15.6 Å². The molecule has 8 heteroatoms. The van der Waals surface area contributed by atoms with Gasteiger partial charge in [-0.15, -0.1) is 0 Å². The molecule has 0 saturated carbocycles. The van der Waals surface area contributed by atoms with Crippen LogP contribution in [-0.2, 0) is 14.6 Å². The highest BCUT2D eigenvalue weighted by Crippen LogP contribution is 2.20. The number of sulfone groups is 1. The molecule has 1 unspecified atom stereocenters. The topological polar surface area (TPSA) is 95.9 Å². The molecule has 0 spiro atoms. The number of carbonyl (C=O) groups excluding carboxylic acids is 1. The molecule has 1 amide bonds. The van der Waals surface area contributed by atoms with Crippen LogP contribution in [0.25, 0.3) is 0 Å². The van der Waals surface area contributed by atoms with Gasteiger partial charge in [0.25, 0.3) is 0 Å². The number of ether oxygens (including phenoxy) is 1. The van der Waals surface area contributed by atoms with Crippen LogP contribution in [0.5, 0.6) is 5.75 Å². The predicted molar refractivity (Wildman–Crippen MR) is 96.6 cm³/mol. The summed E-state index contributed by atoms with van der Waals surface area (Å²) in [5.41, 5.74) is 0.632. The standard InChI is InChI=1S/C17H26N2O5S/c1-13(20)11-19(15-6-8-25(22,23)9-7-15)12-17(21)18-14-4-3-5-16(10-14)24-2/h3-5,10,13,15,20H,6-9,11-12H2,1-2H3,(H,18,21). The third-order valence-corrected chi connectivity index (χ3v) is 5.95. The lowest BCUT2D eigenvalue weighted by molar-refractivity contribution is -0.118. The zero-order chi connectivity index (χ0) is 18.4. The van der Waals surface area contributed by atoms with Crippen LogP contribution in [0.1, 0.15) is 19.8 Å². The summed E-state index contributed by atoms with van der Waals surface area (Å²) >= 11 is 0. The van der Waals surface area contributed by atoms with E-state index < -0.39 is 15.9 Å². The molecule has 1 aliphatic rings. The van der Waals surface area contributed by atoms with Gasteiger partial charge in [-0.1, -0.05) is 6.07 Å². The Kier molecular flexibility index (Phi) is 6.80. The number of nitrogens with zero attached hydrogens (tertiary/aromatic N) is 1. The van der Waals surface area contributed by atoms with Crippen molar-refractivity contribution in [2.45, 2.75) is 31.9 Å². The minimum Gasteiger partial charge on any atom is -0.497 e. The van der Waals surface area contributed by atoms with Gasteiger partial charge in [0.15, 0.2) is 0 Å². The Balaban J connectivity index is 1.99. The zero-order valence-electron chi connectivity index (χ0n) is 14.6. The second kappa shape index (κ2) is 8.64. The molecule has 0 bridgehead atoms. The first kappa shape index (κ1) is 19.7. The summed E-state index contributed by atoms with van der Waals surface area (Å²) in [5.74, 6) is 0.704. The predicted octanol–water partition coefficient (Wildman–Crippen LogP) is 0.894. The van der Waals surface area contributed by atoms with Crippen molar-refractivity contribution in [3.05, 3.63) is 24.3 Å². The molecule has 1 saturated heterocycles. The number of nitrogens with one attached hydrogen (secondary N) is 1. The number of amides is 1. The molecule has 0 aliphatic carbocycles. The molecule has 1 fully saturated rings. The number of hydrogen-bond acceptors (Lipinski definition) is 6. The molecular weight excluding hydrogens is 344 g/mol. The Morgan fingerprint density at radius 2 is 2.08 bits per heavy atom. The van der Waals surface area contributed by atoms with Gasteiger partial charge >= 0.3 is 0 Å². The van der Waals surface area contributed by atoms with Crippen molar-refractivity contribution in [2.75, 3.05) is 37.0 Å². The maximum absolute atomic E-state index is 12.4. The molecule has 2 N–H and O–H groups in total. The van der Waals surface area contributed by atoms with E-state index in [9.17, 15) is 18.3 Å². The van der Waals surface area contributed by atoms with Crippen LogP contribution in [0.15, 0.2) is 24.3 Å². The zero-order valence-corrected chi connectivity index (χ0v) is 15.5. The molecule has 0 aromatic heterocycles. The van der Waals surface area contributed by atoms with Gasteiger partial charge < -0.3 is 15.2 Å². The smallest absolute Gasteiger partial charge is 0.238 e. The van der Waals surface area contributed by atoms with E-state index in [4.69, 9.17) is 4.74 Å². The van der Waals surface area contributed by atoms with Crippen molar-refractivity contribution >= 4 is 21.4 Å². The fourth-order valence-corrected chi connectivity index (χ4v) is 4.48. The van der Waals surface area contributed by atoms with Crippen molar-refractivity contribution in [1.29, 1.82) is 0 Å². The van der Waals surface area contributed by atoms with Crippen molar-refractivity contribution < 1.29 is 23.1 Å². The highest BCUT2D eigenvalue weighted by Gasteiger charge is 2.29. The third-order valence-electron chi connectivity index (χ3n) is 4.24. The number of methoxy groups -OCH3 is 1. The van der Waals surface area contributed by atoms with Gasteiger partial charge in [0.2, 0.25) is 5.91 Å². The van der Waals surface area contributed by atoms with Gasteiger partial charge in [-0.2, -0.15) is 0 Å². The first-order valence-corrected chi connectivity index (χ1v) is 10.2. The normalized spacial score (nSPS) is 18.7. The molecule has 1 aliphatic heterocycles. The van der Waals surface area contributed by atoms with Gasteiger partial charge in [-0.05, 0) is 31.9 Å². The lowest BCUT2D eigenvalue weighted by atomic mass is 10.1. The Morgan fingerprint density at radius 1 is 1.40 bits per heavy atom. The van der Waals surface area contributed by atoms with Crippen LogP contribution in [0.3, 0.4) is 0 Å². The van der Waals surface area contributed by atoms with E-state index in [1.807, 2.05) is 4.90 Å². The lowest BCUT2D eigenvalue weighted by Crippen LogP contribution is -2.47. The fraction of sp³-hybridized carbons (Fsp3) is 0.588. The van der Waals surface area contributed by atoms with Gasteiger partial charge in [-0.25, -0.2) is 8.42 Å². The van der Waals surface area contributed by atoms with E-state index in [-0.39, 0.29) is 30.0 Å². The Hall–Kier alpha value is -1.64. The van der Waals surface area contributed by atoms with Crippen LogP contribution in [-0.4, -0.2) is 68.2 Å². The molecular formula is C17H26N2O5S. The largest absolute Gasteiger partial charge is 0.497 e. The highest BCUT2D eigenvalue weighted by molar-refractivity contribution is 7.91. The summed E-state index contributed by atoms with van der Waals surface area (Å²) in [6.45, 7) is 2.09. The summed E-state index contributed by atoms with van der Waals surface area (Å²) in [6.07, 6.45) is 0.381. The number of anilines is 1. The molecule has 25 heavy (non-hydrogen) atoms. The van der Waals surface area contributed by atoms with E-state index in [1.54, 1.807) is 38.3 Å². The van der Waals surface area contributed by atoms with Crippen molar-refractivity contribution in [3.63, 3.8) is 0 Å². The monoisotopic (exact) mass is 370 g/mol. The summed E-state index contributed by atoms with van der Waals surface area (Å²) in [7, 11) is -1.41. The maximum atomic E-state index is 12.4.